The molecule has 0 aliphatic heterocycles. The molecule has 3 heteroatoms. The Morgan fingerprint density at radius 1 is 0.421 bits per heavy atom. The van der Waals surface area contributed by atoms with E-state index < -0.39 is 0 Å². The Kier molecular flexibility index (Phi) is 4.52. The SMILES string of the molecule is c1ccc(-n2c3ccccc3c3cc(-c4cccc5c6ccccc6n(-c6ccccc6)c45)ncc32)cc1. The smallest absolute Gasteiger partial charge is 0.0731 e. The van der Waals surface area contributed by atoms with Gasteiger partial charge in [0.1, 0.15) is 0 Å². The maximum Gasteiger partial charge on any atom is 0.0731 e. The van der Waals surface area contributed by atoms with Gasteiger partial charge in [0, 0.05) is 38.5 Å². The predicted octanol–water partition coefficient (Wildman–Crippen LogP) is 8.94. The van der Waals surface area contributed by atoms with Crippen LogP contribution in [0.3, 0.4) is 0 Å². The molecule has 0 aliphatic carbocycles. The minimum atomic E-state index is 0.971. The van der Waals surface area contributed by atoms with Crippen LogP contribution in [0.15, 0.2) is 140 Å². The standard InChI is InChI=1S/C35H23N3/c1-3-12-24(13-4-1)37-32-20-9-8-17-27(32)30-22-31(36-23-34(30)37)29-19-11-18-28-26-16-7-10-21-33(26)38(35(28)29)25-14-5-2-6-15-25/h1-23H. The fraction of sp³-hybridized carbons (Fsp3) is 0. The Bertz CT molecular complexity index is 2120. The van der Waals surface area contributed by atoms with Crippen molar-refractivity contribution >= 4 is 43.6 Å². The van der Waals surface area contributed by atoms with Gasteiger partial charge in [0.05, 0.1) is 34.0 Å². The van der Waals surface area contributed by atoms with E-state index in [2.05, 4.69) is 143 Å². The normalized spacial score (nSPS) is 11.7. The minimum absolute atomic E-state index is 0.971. The lowest BCUT2D eigenvalue weighted by atomic mass is 10.0. The summed E-state index contributed by atoms with van der Waals surface area (Å²) in [6, 6.07) is 47.2. The summed E-state index contributed by atoms with van der Waals surface area (Å²) in [5, 5.41) is 4.91. The second-order valence-corrected chi connectivity index (χ2v) is 9.66. The van der Waals surface area contributed by atoms with Crippen LogP contribution in [0.4, 0.5) is 0 Å². The third-order valence-corrected chi connectivity index (χ3v) is 7.56. The minimum Gasteiger partial charge on any atom is -0.309 e. The molecule has 5 aromatic carbocycles. The van der Waals surface area contributed by atoms with Crippen molar-refractivity contribution < 1.29 is 0 Å². The molecule has 0 amide bonds. The number of nitrogens with zero attached hydrogens (tertiary/aromatic N) is 3. The van der Waals surface area contributed by atoms with Crippen LogP contribution in [0, 0.1) is 0 Å². The Balaban J connectivity index is 1.46. The number of aromatic nitrogens is 3. The summed E-state index contributed by atoms with van der Waals surface area (Å²) in [5.74, 6) is 0. The molecule has 0 bridgehead atoms. The van der Waals surface area contributed by atoms with Crippen LogP contribution < -0.4 is 0 Å². The Labute approximate surface area is 219 Å². The summed E-state index contributed by atoms with van der Waals surface area (Å²) in [7, 11) is 0. The molecule has 0 aliphatic rings. The summed E-state index contributed by atoms with van der Waals surface area (Å²) in [6.45, 7) is 0. The molecule has 0 atom stereocenters. The number of hydrogen-bond donors (Lipinski definition) is 0. The molecular formula is C35H23N3. The van der Waals surface area contributed by atoms with Crippen molar-refractivity contribution in [2.75, 3.05) is 0 Å². The zero-order valence-corrected chi connectivity index (χ0v) is 20.6. The highest BCUT2D eigenvalue weighted by Crippen LogP contribution is 2.39. The Hall–Kier alpha value is -5.15. The van der Waals surface area contributed by atoms with E-state index in [4.69, 9.17) is 4.98 Å². The molecule has 0 spiro atoms. The maximum atomic E-state index is 5.08. The van der Waals surface area contributed by atoms with Crippen LogP contribution in [-0.2, 0) is 0 Å². The number of pyridine rings is 1. The fourth-order valence-electron chi connectivity index (χ4n) is 5.94. The molecule has 0 radical (unpaired) electrons. The van der Waals surface area contributed by atoms with Crippen LogP contribution in [0.2, 0.25) is 0 Å². The highest BCUT2D eigenvalue weighted by Gasteiger charge is 2.18. The molecule has 0 saturated heterocycles. The van der Waals surface area contributed by atoms with Gasteiger partial charge in [-0.2, -0.15) is 0 Å². The lowest BCUT2D eigenvalue weighted by Gasteiger charge is -2.11. The highest BCUT2D eigenvalue weighted by atomic mass is 15.0. The van der Waals surface area contributed by atoms with Gasteiger partial charge in [-0.25, -0.2) is 0 Å². The van der Waals surface area contributed by atoms with Crippen LogP contribution >= 0.6 is 0 Å². The molecule has 3 aromatic heterocycles. The largest absolute Gasteiger partial charge is 0.309 e. The predicted molar refractivity (Wildman–Crippen MR) is 158 cm³/mol. The second kappa shape index (κ2) is 8.19. The van der Waals surface area contributed by atoms with E-state index in [9.17, 15) is 0 Å². The van der Waals surface area contributed by atoms with E-state index in [0.29, 0.717) is 0 Å². The third-order valence-electron chi connectivity index (χ3n) is 7.56. The van der Waals surface area contributed by atoms with Gasteiger partial charge in [-0.1, -0.05) is 91.0 Å². The quantitative estimate of drug-likeness (QED) is 0.245. The summed E-state index contributed by atoms with van der Waals surface area (Å²) in [4.78, 5) is 5.08. The van der Waals surface area contributed by atoms with Crippen LogP contribution in [0.5, 0.6) is 0 Å². The second-order valence-electron chi connectivity index (χ2n) is 9.66. The summed E-state index contributed by atoms with van der Waals surface area (Å²) >= 11 is 0. The first-order valence-electron chi connectivity index (χ1n) is 12.9. The topological polar surface area (TPSA) is 22.8 Å². The average Bonchev–Trinajstić information content (AvgIpc) is 3.51. The Morgan fingerprint density at radius 2 is 0.974 bits per heavy atom. The first-order valence-corrected chi connectivity index (χ1v) is 12.9. The van der Waals surface area contributed by atoms with Gasteiger partial charge in [-0.3, -0.25) is 4.98 Å². The molecule has 0 unspecified atom stereocenters. The number of para-hydroxylation sites is 5. The zero-order chi connectivity index (χ0) is 25.1. The average molecular weight is 486 g/mol. The van der Waals surface area contributed by atoms with Crippen molar-refractivity contribution in [1.29, 1.82) is 0 Å². The Morgan fingerprint density at radius 3 is 1.68 bits per heavy atom. The first-order chi connectivity index (χ1) is 18.9. The van der Waals surface area contributed by atoms with Crippen molar-refractivity contribution in [3.05, 3.63) is 140 Å². The summed E-state index contributed by atoms with van der Waals surface area (Å²) < 4.78 is 4.68. The van der Waals surface area contributed by atoms with E-state index >= 15 is 0 Å². The third kappa shape index (κ3) is 2.99. The van der Waals surface area contributed by atoms with Crippen molar-refractivity contribution in [3.8, 4) is 22.6 Å². The molecule has 3 heterocycles. The van der Waals surface area contributed by atoms with Crippen molar-refractivity contribution in [2.45, 2.75) is 0 Å². The number of rotatable bonds is 3. The maximum absolute atomic E-state index is 5.08. The number of hydrogen-bond acceptors (Lipinski definition) is 1. The molecule has 8 aromatic rings. The summed E-state index contributed by atoms with van der Waals surface area (Å²) in [5.41, 5.74) is 9.05. The fourth-order valence-corrected chi connectivity index (χ4v) is 5.94. The van der Waals surface area contributed by atoms with Crippen molar-refractivity contribution in [3.63, 3.8) is 0 Å². The highest BCUT2D eigenvalue weighted by molar-refractivity contribution is 6.15. The molecule has 0 N–H and O–H groups in total. The van der Waals surface area contributed by atoms with E-state index in [1.54, 1.807) is 0 Å². The lowest BCUT2D eigenvalue weighted by Crippen LogP contribution is -1.96. The lowest BCUT2D eigenvalue weighted by molar-refractivity contribution is 1.16. The molecule has 0 fully saturated rings. The van der Waals surface area contributed by atoms with Crippen LogP contribution in [-0.4, -0.2) is 14.1 Å². The van der Waals surface area contributed by atoms with E-state index in [0.717, 1.165) is 28.1 Å². The number of fused-ring (bicyclic) bond motifs is 6. The number of benzene rings is 5. The van der Waals surface area contributed by atoms with Crippen molar-refractivity contribution in [2.24, 2.45) is 0 Å². The van der Waals surface area contributed by atoms with Crippen molar-refractivity contribution in [1.82, 2.24) is 14.1 Å². The molecule has 3 nitrogen and oxygen atoms in total. The molecule has 178 valence electrons. The van der Waals surface area contributed by atoms with Crippen LogP contribution in [0.1, 0.15) is 0 Å². The molecule has 0 saturated carbocycles. The summed E-state index contributed by atoms with van der Waals surface area (Å²) in [6.07, 6.45) is 2.03. The van der Waals surface area contributed by atoms with Gasteiger partial charge in [-0.15, -0.1) is 0 Å². The first kappa shape index (κ1) is 21.0. The van der Waals surface area contributed by atoms with Gasteiger partial charge < -0.3 is 9.13 Å². The molecule has 38 heavy (non-hydrogen) atoms. The zero-order valence-electron chi connectivity index (χ0n) is 20.6. The van der Waals surface area contributed by atoms with E-state index in [-0.39, 0.29) is 0 Å². The van der Waals surface area contributed by atoms with Gasteiger partial charge in [0.15, 0.2) is 0 Å². The monoisotopic (exact) mass is 485 g/mol. The van der Waals surface area contributed by atoms with E-state index in [1.807, 2.05) is 6.20 Å². The molecule has 8 rings (SSSR count). The van der Waals surface area contributed by atoms with Gasteiger partial charge in [0.25, 0.3) is 0 Å². The van der Waals surface area contributed by atoms with Gasteiger partial charge in [-0.05, 0) is 42.5 Å². The van der Waals surface area contributed by atoms with E-state index in [1.165, 1.54) is 38.1 Å². The van der Waals surface area contributed by atoms with Gasteiger partial charge >= 0.3 is 0 Å². The molecular weight excluding hydrogens is 462 g/mol. The van der Waals surface area contributed by atoms with Gasteiger partial charge in [0.2, 0.25) is 0 Å². The van der Waals surface area contributed by atoms with Crippen LogP contribution in [0.25, 0.3) is 66.2 Å².